The van der Waals surface area contributed by atoms with Crippen molar-refractivity contribution in [3.63, 3.8) is 0 Å². The highest BCUT2D eigenvalue weighted by Crippen LogP contribution is 2.17. The molecule has 0 heterocycles. The molecule has 1 aromatic carbocycles. The first-order valence-electron chi connectivity index (χ1n) is 6.62. The summed E-state index contributed by atoms with van der Waals surface area (Å²) in [5.41, 5.74) is 0. The van der Waals surface area contributed by atoms with Crippen LogP contribution in [0.4, 0.5) is 8.78 Å². The van der Waals surface area contributed by atoms with Crippen LogP contribution in [-0.2, 0) is 4.79 Å². The molecule has 4 nitrogen and oxygen atoms in total. The van der Waals surface area contributed by atoms with Gasteiger partial charge in [0.05, 0.1) is 6.61 Å². The number of halogens is 2. The molecule has 0 radical (unpaired) electrons. The molecule has 6 heteroatoms. The molecule has 0 aromatic heterocycles. The lowest BCUT2D eigenvalue weighted by Crippen LogP contribution is -2.26. The third-order valence-corrected chi connectivity index (χ3v) is 2.63. The molecule has 0 saturated heterocycles. The number of hydrogen-bond acceptors (Lipinski definition) is 3. The van der Waals surface area contributed by atoms with E-state index in [1.807, 2.05) is 7.05 Å². The standard InChI is InChI=1S/C14H20F2N2O2/c1-17-7-3-8-18-14(19)4-2-9-20-13-6-5-11(15)10-12(13)16/h5-6,10,17H,2-4,7-9H2,1H3,(H,18,19). The summed E-state index contributed by atoms with van der Waals surface area (Å²) in [5, 5.41) is 5.76. The van der Waals surface area contributed by atoms with Gasteiger partial charge < -0.3 is 15.4 Å². The highest BCUT2D eigenvalue weighted by atomic mass is 19.1. The number of ether oxygens (including phenoxy) is 1. The van der Waals surface area contributed by atoms with Gasteiger partial charge in [-0.25, -0.2) is 8.78 Å². The van der Waals surface area contributed by atoms with E-state index in [2.05, 4.69) is 10.6 Å². The normalized spacial score (nSPS) is 10.3. The van der Waals surface area contributed by atoms with Crippen molar-refractivity contribution in [2.75, 3.05) is 26.7 Å². The van der Waals surface area contributed by atoms with Crippen LogP contribution in [-0.4, -0.2) is 32.7 Å². The molecular formula is C14H20F2N2O2. The maximum Gasteiger partial charge on any atom is 0.220 e. The van der Waals surface area contributed by atoms with Crippen molar-refractivity contribution in [1.82, 2.24) is 10.6 Å². The van der Waals surface area contributed by atoms with Gasteiger partial charge in [0.25, 0.3) is 0 Å². The summed E-state index contributed by atoms with van der Waals surface area (Å²) < 4.78 is 31.0. The van der Waals surface area contributed by atoms with Crippen molar-refractivity contribution in [3.05, 3.63) is 29.8 Å². The third-order valence-electron chi connectivity index (χ3n) is 2.63. The van der Waals surface area contributed by atoms with E-state index < -0.39 is 11.6 Å². The lowest BCUT2D eigenvalue weighted by molar-refractivity contribution is -0.121. The summed E-state index contributed by atoms with van der Waals surface area (Å²) >= 11 is 0. The van der Waals surface area contributed by atoms with E-state index in [-0.39, 0.29) is 18.3 Å². The molecule has 0 aliphatic heterocycles. The molecule has 0 aliphatic rings. The first-order chi connectivity index (χ1) is 9.63. The molecule has 112 valence electrons. The first-order valence-corrected chi connectivity index (χ1v) is 6.62. The zero-order valence-electron chi connectivity index (χ0n) is 11.5. The van der Waals surface area contributed by atoms with Crippen LogP contribution in [0, 0.1) is 11.6 Å². The highest BCUT2D eigenvalue weighted by molar-refractivity contribution is 5.75. The van der Waals surface area contributed by atoms with Gasteiger partial charge in [0.2, 0.25) is 5.91 Å². The fourth-order valence-corrected chi connectivity index (χ4v) is 1.59. The molecule has 1 aromatic rings. The predicted octanol–water partition coefficient (Wildman–Crippen LogP) is 1.85. The van der Waals surface area contributed by atoms with E-state index in [1.165, 1.54) is 6.07 Å². The van der Waals surface area contributed by atoms with Crippen LogP contribution >= 0.6 is 0 Å². The Labute approximate surface area is 117 Å². The van der Waals surface area contributed by atoms with Gasteiger partial charge in [0, 0.05) is 19.0 Å². The molecule has 1 amide bonds. The monoisotopic (exact) mass is 286 g/mol. The number of rotatable bonds is 9. The molecule has 0 bridgehead atoms. The van der Waals surface area contributed by atoms with Crippen LogP contribution in [0.15, 0.2) is 18.2 Å². The smallest absolute Gasteiger partial charge is 0.220 e. The van der Waals surface area contributed by atoms with Gasteiger partial charge in [0.1, 0.15) is 5.82 Å². The second-order valence-corrected chi connectivity index (χ2v) is 4.33. The van der Waals surface area contributed by atoms with Crippen molar-refractivity contribution in [3.8, 4) is 5.75 Å². The molecule has 0 saturated carbocycles. The van der Waals surface area contributed by atoms with Crippen LogP contribution in [0.3, 0.4) is 0 Å². The molecule has 0 aliphatic carbocycles. The number of carbonyl (C=O) groups is 1. The van der Waals surface area contributed by atoms with E-state index in [1.54, 1.807) is 0 Å². The Kier molecular flexibility index (Phi) is 7.57. The molecule has 0 fully saturated rings. The van der Waals surface area contributed by atoms with Crippen LogP contribution < -0.4 is 15.4 Å². The Hall–Kier alpha value is -1.69. The summed E-state index contributed by atoms with van der Waals surface area (Å²) in [4.78, 5) is 11.4. The average Bonchev–Trinajstić information content (AvgIpc) is 2.41. The van der Waals surface area contributed by atoms with Gasteiger partial charge in [0.15, 0.2) is 11.6 Å². The zero-order valence-corrected chi connectivity index (χ0v) is 11.5. The van der Waals surface area contributed by atoms with E-state index >= 15 is 0 Å². The Bertz CT molecular complexity index is 428. The molecule has 0 unspecified atom stereocenters. The summed E-state index contributed by atoms with van der Waals surface area (Å²) in [6.07, 6.45) is 1.68. The van der Waals surface area contributed by atoms with Crippen molar-refractivity contribution in [2.24, 2.45) is 0 Å². The quantitative estimate of drug-likeness (QED) is 0.681. The minimum absolute atomic E-state index is 0.000767. The van der Waals surface area contributed by atoms with Crippen LogP contribution in [0.5, 0.6) is 5.75 Å². The minimum atomic E-state index is -0.735. The Morgan fingerprint density at radius 3 is 2.75 bits per heavy atom. The second kappa shape index (κ2) is 9.25. The highest BCUT2D eigenvalue weighted by Gasteiger charge is 2.05. The minimum Gasteiger partial charge on any atom is -0.491 e. The van der Waals surface area contributed by atoms with Crippen LogP contribution in [0.1, 0.15) is 19.3 Å². The van der Waals surface area contributed by atoms with E-state index in [4.69, 9.17) is 4.74 Å². The number of carbonyl (C=O) groups excluding carboxylic acids is 1. The van der Waals surface area contributed by atoms with E-state index in [9.17, 15) is 13.6 Å². The van der Waals surface area contributed by atoms with Crippen LogP contribution in [0.25, 0.3) is 0 Å². The summed E-state index contributed by atoms with van der Waals surface area (Å²) in [6.45, 7) is 1.70. The summed E-state index contributed by atoms with van der Waals surface area (Å²) in [5.74, 6) is -1.43. The Balaban J connectivity index is 2.13. The molecule has 0 atom stereocenters. The third kappa shape index (κ3) is 6.47. The zero-order chi connectivity index (χ0) is 14.8. The van der Waals surface area contributed by atoms with Gasteiger partial charge in [-0.05, 0) is 38.6 Å². The van der Waals surface area contributed by atoms with Gasteiger partial charge in [-0.15, -0.1) is 0 Å². The van der Waals surface area contributed by atoms with Crippen molar-refractivity contribution in [1.29, 1.82) is 0 Å². The molecule has 2 N–H and O–H groups in total. The number of amides is 1. The lowest BCUT2D eigenvalue weighted by atomic mass is 10.3. The molecule has 20 heavy (non-hydrogen) atoms. The van der Waals surface area contributed by atoms with Gasteiger partial charge in [-0.3, -0.25) is 4.79 Å². The summed E-state index contributed by atoms with van der Waals surface area (Å²) in [7, 11) is 1.85. The maximum atomic E-state index is 13.2. The van der Waals surface area contributed by atoms with Crippen molar-refractivity contribution >= 4 is 5.91 Å². The number of hydrogen-bond donors (Lipinski definition) is 2. The van der Waals surface area contributed by atoms with E-state index in [0.29, 0.717) is 19.4 Å². The van der Waals surface area contributed by atoms with Gasteiger partial charge >= 0.3 is 0 Å². The Morgan fingerprint density at radius 2 is 2.05 bits per heavy atom. The predicted molar refractivity (Wildman–Crippen MR) is 72.6 cm³/mol. The van der Waals surface area contributed by atoms with Crippen molar-refractivity contribution < 1.29 is 18.3 Å². The molecule has 1 rings (SSSR count). The fraction of sp³-hybridized carbons (Fsp3) is 0.500. The van der Waals surface area contributed by atoms with Crippen molar-refractivity contribution in [2.45, 2.75) is 19.3 Å². The Morgan fingerprint density at radius 1 is 1.25 bits per heavy atom. The second-order valence-electron chi connectivity index (χ2n) is 4.33. The van der Waals surface area contributed by atoms with Crippen LogP contribution in [0.2, 0.25) is 0 Å². The SMILES string of the molecule is CNCCCNC(=O)CCCOc1ccc(F)cc1F. The maximum absolute atomic E-state index is 13.2. The molecule has 0 spiro atoms. The number of nitrogens with one attached hydrogen (secondary N) is 2. The fourth-order valence-electron chi connectivity index (χ4n) is 1.59. The van der Waals surface area contributed by atoms with E-state index in [0.717, 1.165) is 25.1 Å². The van der Waals surface area contributed by atoms with Gasteiger partial charge in [-0.2, -0.15) is 0 Å². The average molecular weight is 286 g/mol. The topological polar surface area (TPSA) is 50.4 Å². The lowest BCUT2D eigenvalue weighted by Gasteiger charge is -2.07. The first kappa shape index (κ1) is 16.4. The van der Waals surface area contributed by atoms with Gasteiger partial charge in [-0.1, -0.05) is 0 Å². The largest absolute Gasteiger partial charge is 0.491 e. The number of benzene rings is 1. The molecular weight excluding hydrogens is 266 g/mol. The summed E-state index contributed by atoms with van der Waals surface area (Å²) in [6, 6.07) is 3.14.